The number of benzene rings is 2. The fourth-order valence-electron chi connectivity index (χ4n) is 4.14. The van der Waals surface area contributed by atoms with Gasteiger partial charge in [0.1, 0.15) is 5.66 Å². The summed E-state index contributed by atoms with van der Waals surface area (Å²) in [6.07, 6.45) is -4.41. The zero-order valence-corrected chi connectivity index (χ0v) is 17.3. The molecule has 1 saturated heterocycles. The van der Waals surface area contributed by atoms with Crippen LogP contribution in [-0.2, 0) is 6.18 Å². The summed E-state index contributed by atoms with van der Waals surface area (Å²) in [4.78, 5) is 19.5. The number of amides is 1. The van der Waals surface area contributed by atoms with Crippen LogP contribution in [0.3, 0.4) is 0 Å². The fourth-order valence-corrected chi connectivity index (χ4v) is 4.14. The third-order valence-corrected chi connectivity index (χ3v) is 5.76. The first-order valence-corrected chi connectivity index (χ1v) is 9.94. The molecular formula is C22H25F3N4O. The fraction of sp³-hybridized carbons (Fsp3) is 0.409. The number of halogens is 3. The Morgan fingerprint density at radius 1 is 0.967 bits per heavy atom. The molecule has 30 heavy (non-hydrogen) atoms. The highest BCUT2D eigenvalue weighted by atomic mass is 19.4. The van der Waals surface area contributed by atoms with Crippen LogP contribution in [-0.4, -0.2) is 49.7 Å². The van der Waals surface area contributed by atoms with E-state index in [1.807, 2.05) is 26.0 Å². The van der Waals surface area contributed by atoms with Gasteiger partial charge >= 0.3 is 6.18 Å². The van der Waals surface area contributed by atoms with Gasteiger partial charge in [-0.1, -0.05) is 6.07 Å². The molecule has 1 N–H and O–H groups in total. The molecule has 8 heteroatoms. The molecule has 0 atom stereocenters. The second kappa shape index (κ2) is 7.19. The second-order valence-electron chi connectivity index (χ2n) is 8.36. The van der Waals surface area contributed by atoms with E-state index in [0.29, 0.717) is 11.3 Å². The van der Waals surface area contributed by atoms with Gasteiger partial charge in [-0.2, -0.15) is 13.2 Å². The van der Waals surface area contributed by atoms with E-state index in [2.05, 4.69) is 22.2 Å². The quantitative estimate of drug-likeness (QED) is 0.791. The van der Waals surface area contributed by atoms with Crippen LogP contribution >= 0.6 is 0 Å². The van der Waals surface area contributed by atoms with Crippen LogP contribution in [0.4, 0.5) is 30.2 Å². The van der Waals surface area contributed by atoms with Crippen LogP contribution in [0.5, 0.6) is 0 Å². The first-order chi connectivity index (χ1) is 14.1. The van der Waals surface area contributed by atoms with E-state index in [1.54, 1.807) is 6.07 Å². The molecule has 0 radical (unpaired) electrons. The van der Waals surface area contributed by atoms with E-state index in [1.165, 1.54) is 17.0 Å². The highest BCUT2D eigenvalue weighted by molar-refractivity contribution is 6.14. The van der Waals surface area contributed by atoms with E-state index in [-0.39, 0.29) is 5.91 Å². The average Bonchev–Trinajstić information content (AvgIpc) is 2.67. The summed E-state index contributed by atoms with van der Waals surface area (Å²) in [5.74, 6) is -0.232. The van der Waals surface area contributed by atoms with Gasteiger partial charge in [0.15, 0.2) is 0 Å². The Kier molecular flexibility index (Phi) is 4.92. The number of hydrogen-bond donors (Lipinski definition) is 1. The minimum Gasteiger partial charge on any atom is -0.367 e. The Morgan fingerprint density at radius 2 is 1.60 bits per heavy atom. The van der Waals surface area contributed by atoms with Gasteiger partial charge in [-0.3, -0.25) is 9.69 Å². The van der Waals surface area contributed by atoms with Crippen molar-refractivity contribution in [2.24, 2.45) is 0 Å². The topological polar surface area (TPSA) is 38.8 Å². The molecule has 0 unspecified atom stereocenters. The smallest absolute Gasteiger partial charge is 0.367 e. The third-order valence-electron chi connectivity index (χ3n) is 5.76. The molecule has 2 aliphatic rings. The Hall–Kier alpha value is -2.74. The zero-order chi connectivity index (χ0) is 21.7. The second-order valence-corrected chi connectivity index (χ2v) is 8.36. The maximum Gasteiger partial charge on any atom is 0.416 e. The van der Waals surface area contributed by atoms with Crippen LogP contribution in [0.25, 0.3) is 0 Å². The van der Waals surface area contributed by atoms with Crippen LogP contribution in [0.1, 0.15) is 29.8 Å². The molecule has 2 aliphatic heterocycles. The highest BCUT2D eigenvalue weighted by Gasteiger charge is 2.41. The lowest BCUT2D eigenvalue weighted by atomic mass is 9.98. The van der Waals surface area contributed by atoms with Crippen molar-refractivity contribution in [1.82, 2.24) is 4.90 Å². The SMILES string of the molecule is CN1CCN(c2cccc3c2NC(C)(C)N(c2ccc(C(F)(F)F)cc2)C3=O)CC1. The maximum atomic E-state index is 13.4. The Balaban J connectivity index is 1.70. The summed E-state index contributed by atoms with van der Waals surface area (Å²) in [5.41, 5.74) is 1.15. The molecule has 1 amide bonds. The molecule has 0 aliphatic carbocycles. The molecular weight excluding hydrogens is 393 g/mol. The first-order valence-electron chi connectivity index (χ1n) is 9.94. The molecule has 2 aromatic carbocycles. The number of anilines is 3. The van der Waals surface area contributed by atoms with Gasteiger partial charge in [0.25, 0.3) is 5.91 Å². The number of likely N-dealkylation sites (N-methyl/N-ethyl adjacent to an activating group) is 1. The number of alkyl halides is 3. The van der Waals surface area contributed by atoms with Gasteiger partial charge in [0.05, 0.1) is 22.5 Å². The van der Waals surface area contributed by atoms with E-state index < -0.39 is 17.4 Å². The number of nitrogens with one attached hydrogen (secondary N) is 1. The molecule has 1 fully saturated rings. The van der Waals surface area contributed by atoms with Crippen molar-refractivity contribution >= 4 is 23.0 Å². The lowest BCUT2D eigenvalue weighted by Gasteiger charge is -2.46. The van der Waals surface area contributed by atoms with E-state index in [0.717, 1.165) is 49.7 Å². The summed E-state index contributed by atoms with van der Waals surface area (Å²) in [7, 11) is 2.09. The number of nitrogens with zero attached hydrogens (tertiary/aromatic N) is 3. The zero-order valence-electron chi connectivity index (χ0n) is 17.3. The molecule has 0 spiro atoms. The van der Waals surface area contributed by atoms with Crippen molar-refractivity contribution in [1.29, 1.82) is 0 Å². The molecule has 4 rings (SSSR count). The molecule has 0 aromatic heterocycles. The molecule has 2 aromatic rings. The number of para-hydroxylation sites is 1. The lowest BCUT2D eigenvalue weighted by molar-refractivity contribution is -0.137. The van der Waals surface area contributed by atoms with Crippen molar-refractivity contribution in [2.75, 3.05) is 48.3 Å². The van der Waals surface area contributed by atoms with Gasteiger partial charge in [-0.05, 0) is 57.3 Å². The Labute approximate surface area is 174 Å². The number of carbonyl (C=O) groups is 1. The van der Waals surface area contributed by atoms with Gasteiger partial charge < -0.3 is 15.1 Å². The minimum absolute atomic E-state index is 0.232. The van der Waals surface area contributed by atoms with Crippen molar-refractivity contribution in [3.05, 3.63) is 53.6 Å². The summed E-state index contributed by atoms with van der Waals surface area (Å²) in [6, 6.07) is 10.3. The van der Waals surface area contributed by atoms with Crippen LogP contribution < -0.4 is 15.1 Å². The molecule has 160 valence electrons. The van der Waals surface area contributed by atoms with E-state index in [4.69, 9.17) is 0 Å². The summed E-state index contributed by atoms with van der Waals surface area (Å²) in [6.45, 7) is 7.33. The average molecular weight is 418 g/mol. The summed E-state index contributed by atoms with van der Waals surface area (Å²) >= 11 is 0. The van der Waals surface area contributed by atoms with Crippen molar-refractivity contribution in [3.8, 4) is 0 Å². The normalized spacial score (nSPS) is 19.5. The van der Waals surface area contributed by atoms with E-state index in [9.17, 15) is 18.0 Å². The highest BCUT2D eigenvalue weighted by Crippen LogP contribution is 2.41. The predicted octanol–water partition coefficient (Wildman–Crippen LogP) is 4.27. The maximum absolute atomic E-state index is 13.4. The van der Waals surface area contributed by atoms with Gasteiger partial charge in [0.2, 0.25) is 0 Å². The number of piperazine rings is 1. The number of fused-ring (bicyclic) bond motifs is 1. The van der Waals surface area contributed by atoms with Crippen molar-refractivity contribution in [3.63, 3.8) is 0 Å². The molecule has 5 nitrogen and oxygen atoms in total. The predicted molar refractivity (Wildman–Crippen MR) is 112 cm³/mol. The molecule has 0 saturated carbocycles. The minimum atomic E-state index is -4.41. The molecule has 0 bridgehead atoms. The molecule has 2 heterocycles. The standard InChI is InChI=1S/C22H25F3N4O/c1-21(2)26-19-17(5-4-6-18(19)28-13-11-27(3)12-14-28)20(30)29(21)16-9-7-15(8-10-16)22(23,24)25/h4-10,26H,11-14H2,1-3H3. The summed E-state index contributed by atoms with van der Waals surface area (Å²) < 4.78 is 38.8. The van der Waals surface area contributed by atoms with Crippen LogP contribution in [0.2, 0.25) is 0 Å². The Bertz CT molecular complexity index is 948. The number of hydrogen-bond acceptors (Lipinski definition) is 4. The Morgan fingerprint density at radius 3 is 2.20 bits per heavy atom. The lowest BCUT2D eigenvalue weighted by Crippen LogP contribution is -2.57. The third kappa shape index (κ3) is 3.60. The number of rotatable bonds is 2. The van der Waals surface area contributed by atoms with E-state index >= 15 is 0 Å². The summed E-state index contributed by atoms with van der Waals surface area (Å²) in [5, 5.41) is 3.46. The van der Waals surface area contributed by atoms with Crippen LogP contribution in [0, 0.1) is 0 Å². The first kappa shape index (κ1) is 20.5. The monoisotopic (exact) mass is 418 g/mol. The number of carbonyl (C=O) groups excluding carboxylic acids is 1. The van der Waals surface area contributed by atoms with Crippen molar-refractivity contribution < 1.29 is 18.0 Å². The van der Waals surface area contributed by atoms with Gasteiger partial charge in [-0.25, -0.2) is 0 Å². The van der Waals surface area contributed by atoms with Crippen LogP contribution in [0.15, 0.2) is 42.5 Å². The van der Waals surface area contributed by atoms with Gasteiger partial charge in [0, 0.05) is 31.9 Å². The largest absolute Gasteiger partial charge is 0.416 e. The van der Waals surface area contributed by atoms with Gasteiger partial charge in [-0.15, -0.1) is 0 Å². The van der Waals surface area contributed by atoms with Crippen molar-refractivity contribution in [2.45, 2.75) is 25.7 Å².